The number of carbonyl (C=O) groups excluding carboxylic acids is 1. The smallest absolute Gasteiger partial charge is 0.325 e. The van der Waals surface area contributed by atoms with Gasteiger partial charge < -0.3 is 39.5 Å². The predicted octanol–water partition coefficient (Wildman–Crippen LogP) is 9.01. The summed E-state index contributed by atoms with van der Waals surface area (Å²) in [5.74, 6) is 1.85. The number of nitrogens with zero attached hydrogens (tertiary/aromatic N) is 4. The van der Waals surface area contributed by atoms with Crippen LogP contribution in [-0.2, 0) is 6.42 Å². The minimum atomic E-state index is -0.651. The van der Waals surface area contributed by atoms with E-state index in [0.717, 1.165) is 11.4 Å². The highest BCUT2D eigenvalue weighted by Gasteiger charge is 2.16. The molecule has 0 aliphatic rings. The summed E-state index contributed by atoms with van der Waals surface area (Å²) in [6.45, 7) is 1.94. The van der Waals surface area contributed by atoms with Crippen LogP contribution in [0.15, 0.2) is 85.2 Å². The van der Waals surface area contributed by atoms with Crippen molar-refractivity contribution in [1.29, 1.82) is 0 Å². The van der Waals surface area contributed by atoms with E-state index in [-0.39, 0.29) is 17.2 Å². The first-order chi connectivity index (χ1) is 27.1. The van der Waals surface area contributed by atoms with Crippen molar-refractivity contribution in [2.45, 2.75) is 13.3 Å². The highest BCUT2D eigenvalue weighted by Crippen LogP contribution is 2.39. The van der Waals surface area contributed by atoms with Gasteiger partial charge in [0.15, 0.2) is 46.1 Å². The number of hydrogen-bond acceptors (Lipinski definition) is 13. The van der Waals surface area contributed by atoms with Gasteiger partial charge in [-0.1, -0.05) is 18.3 Å². The number of hydrogen-bond donors (Lipinski definition) is 3. The molecule has 0 bridgehead atoms. The molecule has 56 heavy (non-hydrogen) atoms. The van der Waals surface area contributed by atoms with E-state index in [1.54, 1.807) is 69.1 Å². The second-order valence-electron chi connectivity index (χ2n) is 11.5. The first-order valence-corrected chi connectivity index (χ1v) is 17.6. The first kappa shape index (κ1) is 38.7. The molecular weight excluding hydrogens is 749 g/mol. The number of benzene rings is 4. The van der Waals surface area contributed by atoms with Gasteiger partial charge in [0, 0.05) is 58.8 Å². The summed E-state index contributed by atoms with van der Waals surface area (Å²) in [6.07, 6.45) is 3.86. The van der Waals surface area contributed by atoms with Crippen molar-refractivity contribution >= 4 is 55.7 Å². The molecule has 0 aliphatic carbocycles. The van der Waals surface area contributed by atoms with Gasteiger partial charge in [0.05, 0.1) is 39.5 Å². The largest absolute Gasteiger partial charge is 0.493 e. The molecule has 0 atom stereocenters. The lowest BCUT2D eigenvalue weighted by Gasteiger charge is -2.13. The van der Waals surface area contributed by atoms with Crippen LogP contribution in [0.2, 0.25) is 0 Å². The molecule has 7 aromatic rings. The molecule has 0 saturated carbocycles. The maximum absolute atomic E-state index is 14.7. The molecule has 4 N–H and O–H groups in total. The Morgan fingerprint density at radius 3 is 1.64 bits per heavy atom. The molecule has 0 unspecified atom stereocenters. The quantitative estimate of drug-likeness (QED) is 0.106. The van der Waals surface area contributed by atoms with Gasteiger partial charge in [-0.3, -0.25) is 15.3 Å². The van der Waals surface area contributed by atoms with Gasteiger partial charge in [0.25, 0.3) is 0 Å². The fourth-order valence-electron chi connectivity index (χ4n) is 5.28. The van der Waals surface area contributed by atoms with Gasteiger partial charge in [-0.25, -0.2) is 13.6 Å². The third-order valence-corrected chi connectivity index (χ3v) is 8.97. The van der Waals surface area contributed by atoms with Crippen molar-refractivity contribution in [3.05, 3.63) is 102 Å². The number of amides is 2. The lowest BCUT2D eigenvalue weighted by molar-refractivity contribution is 0.262. The highest BCUT2D eigenvalue weighted by atomic mass is 32.1. The van der Waals surface area contributed by atoms with Gasteiger partial charge >= 0.3 is 6.03 Å². The molecule has 288 valence electrons. The minimum Gasteiger partial charge on any atom is -0.493 e. The lowest BCUT2D eigenvalue weighted by atomic mass is 10.2. The van der Waals surface area contributed by atoms with Crippen molar-refractivity contribution in [2.24, 2.45) is 0 Å². The van der Waals surface area contributed by atoms with Crippen LogP contribution in [0.3, 0.4) is 0 Å². The molecule has 4 aromatic carbocycles. The molecule has 14 nitrogen and oxygen atoms in total. The van der Waals surface area contributed by atoms with Gasteiger partial charge in [-0.2, -0.15) is 0 Å². The number of rotatable bonds is 11. The number of aryl methyl sites for hydroxylation is 1. The monoisotopic (exact) mass is 783 g/mol. The average molecular weight is 784 g/mol. The van der Waals surface area contributed by atoms with Gasteiger partial charge in [-0.05, 0) is 55.0 Å². The predicted molar refractivity (Wildman–Crippen MR) is 209 cm³/mol. The maximum atomic E-state index is 14.7. The zero-order chi connectivity index (χ0) is 39.8. The fourth-order valence-corrected chi connectivity index (χ4v) is 5.95. The zero-order valence-electron chi connectivity index (χ0n) is 30.7. The Balaban J connectivity index is 0.000000202. The number of urea groups is 1. The number of ether oxygens (including phenoxy) is 6. The van der Waals surface area contributed by atoms with Crippen LogP contribution >= 0.6 is 11.3 Å². The number of halogens is 2. The summed E-state index contributed by atoms with van der Waals surface area (Å²) >= 11 is 1.27. The number of fused-ring (bicyclic) bond motifs is 2. The van der Waals surface area contributed by atoms with E-state index in [9.17, 15) is 13.6 Å². The number of pyridine rings is 2. The number of nitrogens with one attached hydrogen (secondary N) is 2. The molecule has 0 saturated heterocycles. The van der Waals surface area contributed by atoms with Crippen LogP contribution < -0.4 is 44.8 Å². The number of nitrogen functional groups attached to an aromatic ring is 1. The molecule has 0 spiro atoms. The lowest BCUT2D eigenvalue weighted by Crippen LogP contribution is -2.19. The Morgan fingerprint density at radius 2 is 1.16 bits per heavy atom. The SMILES string of the molecule is CCc1nnc(NC(=O)Nc2ccc(Oc3ccnc4cc(OC)c(OC)cc34)c(F)c2)s1.COc1cc2nccc(Oc3ccc(N)cc3F)c2cc1OC. The number of anilines is 3. The second kappa shape index (κ2) is 17.4. The fraction of sp³-hybridized carbons (Fsp3) is 0.154. The van der Waals surface area contributed by atoms with Crippen LogP contribution in [-0.4, -0.2) is 54.6 Å². The second-order valence-corrected chi connectivity index (χ2v) is 12.6. The topological polar surface area (TPSA) is 174 Å². The van der Waals surface area contributed by atoms with Gasteiger partial charge in [0.2, 0.25) is 5.13 Å². The maximum Gasteiger partial charge on any atom is 0.325 e. The average Bonchev–Trinajstić information content (AvgIpc) is 3.66. The van der Waals surface area contributed by atoms with E-state index in [2.05, 4.69) is 30.8 Å². The summed E-state index contributed by atoms with van der Waals surface area (Å²) in [7, 11) is 6.15. The number of nitrogens with two attached hydrogens (primary N) is 1. The van der Waals surface area contributed by atoms with Gasteiger partial charge in [-0.15, -0.1) is 10.2 Å². The van der Waals surface area contributed by atoms with Crippen molar-refractivity contribution in [3.8, 4) is 46.0 Å². The van der Waals surface area contributed by atoms with Crippen LogP contribution in [0.5, 0.6) is 46.0 Å². The van der Waals surface area contributed by atoms with E-state index < -0.39 is 17.7 Å². The van der Waals surface area contributed by atoms with Crippen molar-refractivity contribution in [1.82, 2.24) is 20.2 Å². The summed E-state index contributed by atoms with van der Waals surface area (Å²) in [5, 5.41) is 15.4. The number of aromatic nitrogens is 4. The summed E-state index contributed by atoms with van der Waals surface area (Å²) < 4.78 is 61.4. The number of carbonyl (C=O) groups is 1. The Morgan fingerprint density at radius 1 is 0.643 bits per heavy atom. The normalized spacial score (nSPS) is 10.6. The Bertz CT molecular complexity index is 2520. The van der Waals surface area contributed by atoms with E-state index in [1.807, 2.05) is 6.92 Å². The molecule has 3 heterocycles. The summed E-state index contributed by atoms with van der Waals surface area (Å²) in [5.41, 5.74) is 7.38. The van der Waals surface area contributed by atoms with Crippen LogP contribution in [0.25, 0.3) is 21.8 Å². The minimum absolute atomic E-state index is 0.0139. The van der Waals surface area contributed by atoms with Crippen LogP contribution in [0.4, 0.5) is 30.1 Å². The molecule has 0 radical (unpaired) electrons. The standard InChI is InChI=1S/C22H20FN5O4S.C17H15FN2O3/c1-4-20-27-28-22(33-20)26-21(29)25-12-5-6-17(14(23)9-12)32-16-7-8-24-15-11-19(31-3)18(30-2)10-13(15)16;1-21-16-8-11-13(9-17(16)22-2)20-6-5-14(11)23-15-4-3-10(19)7-12(15)18/h5-11H,4H2,1-3H3,(H2,25,26,28,29);3-9H,19H2,1-2H3. The molecule has 17 heteroatoms. The summed E-state index contributed by atoms with van der Waals surface area (Å²) in [4.78, 5) is 20.7. The molecule has 2 amide bonds. The Kier molecular flexibility index (Phi) is 12.0. The van der Waals surface area contributed by atoms with E-state index in [4.69, 9.17) is 34.2 Å². The molecular formula is C39H35F2N7O7S. The zero-order valence-corrected chi connectivity index (χ0v) is 31.5. The van der Waals surface area contributed by atoms with Crippen molar-refractivity contribution in [2.75, 3.05) is 44.8 Å². The van der Waals surface area contributed by atoms with Crippen molar-refractivity contribution < 1.29 is 42.0 Å². The third kappa shape index (κ3) is 8.85. The van der Waals surface area contributed by atoms with E-state index >= 15 is 0 Å². The van der Waals surface area contributed by atoms with Crippen molar-refractivity contribution in [3.63, 3.8) is 0 Å². The molecule has 0 fully saturated rings. The van der Waals surface area contributed by atoms with E-state index in [1.165, 1.54) is 55.9 Å². The Hall–Kier alpha value is -7.01. The molecule has 0 aliphatic heterocycles. The van der Waals surface area contributed by atoms with Crippen LogP contribution in [0.1, 0.15) is 11.9 Å². The number of methoxy groups -OCH3 is 4. The first-order valence-electron chi connectivity index (χ1n) is 16.7. The highest BCUT2D eigenvalue weighted by molar-refractivity contribution is 7.15. The Labute approximate surface area is 323 Å². The van der Waals surface area contributed by atoms with Gasteiger partial charge in [0.1, 0.15) is 16.5 Å². The van der Waals surface area contributed by atoms with Crippen LogP contribution in [0, 0.1) is 11.6 Å². The van der Waals surface area contributed by atoms with E-state index in [0.29, 0.717) is 67.1 Å². The summed E-state index contributed by atoms with van der Waals surface area (Å²) in [6, 6.07) is 18.0. The molecule has 7 rings (SSSR count). The molecule has 3 aromatic heterocycles. The third-order valence-electron chi connectivity index (χ3n) is 7.99.